The zero-order valence-electron chi connectivity index (χ0n) is 33.7. The maximum Gasteiger partial charge on any atom is 0.458 e. The Kier molecular flexibility index (Phi) is 27.2. The number of amides is 1. The number of carbonyl (C=O) groups is 8. The van der Waals surface area contributed by atoms with Gasteiger partial charge in [-0.25, -0.2) is 24.5 Å². The van der Waals surface area contributed by atoms with E-state index in [0.29, 0.717) is 6.42 Å². The zero-order chi connectivity index (χ0) is 48.1. The average Bonchev–Trinajstić information content (AvgIpc) is 4.07. The van der Waals surface area contributed by atoms with Crippen LogP contribution in [0.25, 0.3) is 0 Å². The van der Waals surface area contributed by atoms with Crippen LogP contribution in [0.15, 0.2) is 71.0 Å². The van der Waals surface area contributed by atoms with Crippen LogP contribution in [0.1, 0.15) is 95.1 Å². The molecule has 0 saturated heterocycles. The number of esters is 1. The summed E-state index contributed by atoms with van der Waals surface area (Å²) in [6.45, 7) is 8.53. The number of nitrogens with one attached hydrogen (secondary N) is 3. The quantitative estimate of drug-likeness (QED) is 0.0605. The summed E-state index contributed by atoms with van der Waals surface area (Å²) in [4.78, 5) is 105. The lowest BCUT2D eigenvalue weighted by molar-refractivity contribution is -0.148. The zero-order valence-corrected chi connectivity index (χ0v) is 33.7. The van der Waals surface area contributed by atoms with Gasteiger partial charge in [0.25, 0.3) is 17.5 Å². The van der Waals surface area contributed by atoms with Crippen LogP contribution in [0, 0.1) is 0 Å². The number of Topliss-reactive ketones (excluding diaryl/α,β-unsaturated/α-hetero) is 5. The Morgan fingerprint density at radius 1 is 0.726 bits per heavy atom. The number of ether oxygens (including phenoxy) is 2. The van der Waals surface area contributed by atoms with Gasteiger partial charge < -0.3 is 39.7 Å². The fraction of sp³-hybridized carbons (Fsp3) is 0.333. The molecule has 26 heteroatoms. The van der Waals surface area contributed by atoms with E-state index in [4.69, 9.17) is 5.11 Å². The molecular formula is C36H42F6N8O12. The van der Waals surface area contributed by atoms with Crippen LogP contribution in [0.2, 0.25) is 0 Å². The summed E-state index contributed by atoms with van der Waals surface area (Å²) < 4.78 is 83.9. The number of imidazole rings is 3. The molecule has 0 atom stereocenters. The lowest BCUT2D eigenvalue weighted by Crippen LogP contribution is -2.23. The maximum atomic E-state index is 11.9. The standard InChI is InChI=1S/C8H7F3O3.C7H7NO3.C5H3F3N2O.C5H5N3O2.C5H4N2O3.2C3H8/c1-13-4-5-2-3-6(14-5)7(12)8(9,10)11;1-11-7(10)6(9)5-3-2-4-8-5;6-5(7,8)3(11)4-9-1-2-10-4;6-4(10)3(9)5-7-1-2-8-5;8-3(5(9)10)4-6-1-2-7-4;2*1-3-2/h2-3H,4H2,1H3;2,4H,3H2,1H3;1-2H,(H,9,10);1-2H,(H2,6,10)(H,7,8);1-2H,(H,6,7)(H,9,10);2*3H2,1-2H3. The summed E-state index contributed by atoms with van der Waals surface area (Å²) in [5.41, 5.74) is 4.93. The minimum Gasteiger partial charge on any atom is -0.475 e. The number of hydrogen-bond acceptors (Lipinski definition) is 15. The van der Waals surface area contributed by atoms with Gasteiger partial charge in [0.05, 0.1) is 12.8 Å². The number of halogens is 6. The molecule has 20 nitrogen and oxygen atoms in total. The van der Waals surface area contributed by atoms with Crippen LogP contribution in [0.3, 0.4) is 0 Å². The normalized spacial score (nSPS) is 10.8. The van der Waals surface area contributed by atoms with Gasteiger partial charge in [-0.1, -0.05) is 46.6 Å². The summed E-state index contributed by atoms with van der Waals surface area (Å²) in [7, 11) is 2.54. The number of primary amides is 1. The number of alkyl halides is 6. The van der Waals surface area contributed by atoms with E-state index in [1.54, 1.807) is 6.08 Å². The molecule has 4 aromatic rings. The molecule has 0 bridgehead atoms. The topological polar surface area (TPSA) is 313 Å². The van der Waals surface area contributed by atoms with Crippen LogP contribution in [-0.4, -0.2) is 114 Å². The number of aliphatic imine (C=N–C) groups is 1. The molecule has 0 radical (unpaired) electrons. The Morgan fingerprint density at radius 3 is 1.52 bits per heavy atom. The molecule has 4 aromatic heterocycles. The molecule has 62 heavy (non-hydrogen) atoms. The molecule has 0 fully saturated rings. The van der Waals surface area contributed by atoms with Gasteiger partial charge in [-0.15, -0.1) is 0 Å². The number of aromatic amines is 3. The average molecular weight is 893 g/mol. The molecule has 1 aliphatic heterocycles. The Balaban J connectivity index is 0. The number of nitrogens with two attached hydrogens (primary N) is 1. The molecule has 340 valence electrons. The van der Waals surface area contributed by atoms with E-state index >= 15 is 0 Å². The number of nitrogens with zero attached hydrogens (tertiary/aromatic N) is 4. The van der Waals surface area contributed by atoms with Gasteiger partial charge in [-0.3, -0.25) is 33.8 Å². The number of aromatic nitrogens is 6. The SMILES string of the molecule is CCC.CCC.COC(=O)C(=O)C1=NC=CC1.COCc1ccc(C(=O)C(F)(F)F)o1.NC(=O)C(=O)c1ncc[nH]1.O=C(O)C(=O)c1ncc[nH]1.O=C(c1ncc[nH]1)C(F)(F)F. The van der Waals surface area contributed by atoms with Crippen LogP contribution in [0.4, 0.5) is 26.3 Å². The summed E-state index contributed by atoms with van der Waals surface area (Å²) in [5.74, 6) is -11.2. The van der Waals surface area contributed by atoms with E-state index < -0.39 is 70.7 Å². The van der Waals surface area contributed by atoms with Gasteiger partial charge in [0.2, 0.25) is 0 Å². The van der Waals surface area contributed by atoms with E-state index in [1.165, 1.54) is 64.1 Å². The first-order chi connectivity index (χ1) is 29.0. The van der Waals surface area contributed by atoms with Crippen molar-refractivity contribution in [2.24, 2.45) is 10.7 Å². The van der Waals surface area contributed by atoms with Gasteiger partial charge in [-0.05, 0) is 12.1 Å². The summed E-state index contributed by atoms with van der Waals surface area (Å²) in [5, 5.41) is 8.14. The number of H-pyrrole nitrogens is 3. The van der Waals surface area contributed by atoms with E-state index in [0.717, 1.165) is 18.5 Å². The fourth-order valence-electron chi connectivity index (χ4n) is 3.10. The number of rotatable bonds is 10. The van der Waals surface area contributed by atoms with Gasteiger partial charge in [0.1, 0.15) is 12.4 Å². The van der Waals surface area contributed by atoms with Crippen molar-refractivity contribution >= 4 is 52.5 Å². The van der Waals surface area contributed by atoms with Crippen molar-refractivity contribution in [1.82, 2.24) is 29.9 Å². The molecule has 0 spiro atoms. The first-order valence-electron chi connectivity index (χ1n) is 17.2. The summed E-state index contributed by atoms with van der Waals surface area (Å²) >= 11 is 0. The van der Waals surface area contributed by atoms with Crippen molar-refractivity contribution in [3.05, 3.63) is 90.6 Å². The van der Waals surface area contributed by atoms with Crippen LogP contribution in [-0.2, 0) is 35.3 Å². The van der Waals surface area contributed by atoms with E-state index in [2.05, 4.69) is 82.2 Å². The second-order valence-corrected chi connectivity index (χ2v) is 10.9. The van der Waals surface area contributed by atoms with Crippen molar-refractivity contribution in [3.8, 4) is 0 Å². The summed E-state index contributed by atoms with van der Waals surface area (Å²) in [6.07, 6.45) is 4.12. The Hall–Kier alpha value is -7.38. The van der Waals surface area contributed by atoms with E-state index in [9.17, 15) is 64.7 Å². The van der Waals surface area contributed by atoms with Crippen molar-refractivity contribution in [2.75, 3.05) is 14.2 Å². The highest BCUT2D eigenvalue weighted by Gasteiger charge is 2.42. The number of carboxylic acids is 1. The lowest BCUT2D eigenvalue weighted by atomic mass is 10.2. The van der Waals surface area contributed by atoms with Crippen LogP contribution in [0.5, 0.6) is 0 Å². The van der Waals surface area contributed by atoms with Gasteiger partial charge in [0.15, 0.2) is 23.2 Å². The van der Waals surface area contributed by atoms with Crippen molar-refractivity contribution in [1.29, 1.82) is 0 Å². The first kappa shape index (κ1) is 56.7. The molecule has 5 rings (SSSR count). The molecule has 0 aliphatic carbocycles. The Bertz CT molecular complexity index is 2000. The van der Waals surface area contributed by atoms with E-state index in [1.807, 2.05) is 0 Å². The van der Waals surface area contributed by atoms with Crippen LogP contribution < -0.4 is 5.73 Å². The second-order valence-electron chi connectivity index (χ2n) is 10.9. The third-order valence-corrected chi connectivity index (χ3v) is 5.52. The molecule has 1 amide bonds. The monoisotopic (exact) mass is 892 g/mol. The molecule has 0 aromatic carbocycles. The highest BCUT2D eigenvalue weighted by molar-refractivity contribution is 6.64. The van der Waals surface area contributed by atoms with E-state index in [-0.39, 0.29) is 29.7 Å². The third kappa shape index (κ3) is 22.7. The third-order valence-electron chi connectivity index (χ3n) is 5.52. The van der Waals surface area contributed by atoms with Crippen molar-refractivity contribution < 1.29 is 83.7 Å². The van der Waals surface area contributed by atoms with Gasteiger partial charge >= 0.3 is 41.6 Å². The van der Waals surface area contributed by atoms with Gasteiger partial charge in [0, 0.05) is 56.9 Å². The second kappa shape index (κ2) is 29.8. The molecule has 6 N–H and O–H groups in total. The number of allylic oxidation sites excluding steroid dienone is 1. The van der Waals surface area contributed by atoms with Crippen molar-refractivity contribution in [3.63, 3.8) is 0 Å². The number of furan rings is 1. The number of ketones is 5. The van der Waals surface area contributed by atoms with Crippen molar-refractivity contribution in [2.45, 2.75) is 65.9 Å². The highest BCUT2D eigenvalue weighted by atomic mass is 19.4. The predicted molar refractivity (Wildman–Crippen MR) is 202 cm³/mol. The predicted octanol–water partition coefficient (Wildman–Crippen LogP) is 5.00. The molecule has 5 heterocycles. The lowest BCUT2D eigenvalue weighted by Gasteiger charge is -2.01. The van der Waals surface area contributed by atoms with Gasteiger partial charge in [-0.2, -0.15) is 26.3 Å². The molecule has 0 unspecified atom stereocenters. The first-order valence-corrected chi connectivity index (χ1v) is 17.2. The number of carbonyl (C=O) groups excluding carboxylic acids is 7. The number of hydrogen-bond donors (Lipinski definition) is 5. The minimum absolute atomic E-state index is 0.0208. The number of aliphatic carboxylic acids is 1. The molecular weight excluding hydrogens is 850 g/mol. The fourth-order valence-corrected chi connectivity index (χ4v) is 3.10. The Labute approximate surface area is 347 Å². The number of carboxylic acid groups (broad SMARTS) is 1. The maximum absolute atomic E-state index is 11.9. The molecule has 1 aliphatic rings. The molecule has 0 saturated carbocycles. The minimum atomic E-state index is -4.90. The Morgan fingerprint density at radius 2 is 1.18 bits per heavy atom. The largest absolute Gasteiger partial charge is 0.475 e. The summed E-state index contributed by atoms with van der Waals surface area (Å²) in [6, 6.07) is 2.24. The smallest absolute Gasteiger partial charge is 0.458 e. The highest BCUT2D eigenvalue weighted by Crippen LogP contribution is 2.23. The van der Waals surface area contributed by atoms with Crippen LogP contribution >= 0.6 is 0 Å². The number of methoxy groups -OCH3 is 2.